The average molecular weight is 333 g/mol. The van der Waals surface area contributed by atoms with Gasteiger partial charge in [0.2, 0.25) is 5.91 Å². The van der Waals surface area contributed by atoms with E-state index in [1.807, 2.05) is 44.2 Å². The summed E-state index contributed by atoms with van der Waals surface area (Å²) in [6, 6.07) is 9.39. The van der Waals surface area contributed by atoms with Crippen LogP contribution in [0.25, 0.3) is 5.69 Å². The lowest BCUT2D eigenvalue weighted by Gasteiger charge is -2.17. The summed E-state index contributed by atoms with van der Waals surface area (Å²) in [6.07, 6.45) is 2.27. The number of hydrogen-bond donors (Lipinski definition) is 1. The Morgan fingerprint density at radius 2 is 2.04 bits per heavy atom. The van der Waals surface area contributed by atoms with Gasteiger partial charge in [0.1, 0.15) is 0 Å². The Morgan fingerprint density at radius 1 is 1.30 bits per heavy atom. The quantitative estimate of drug-likeness (QED) is 0.752. The third-order valence-corrected chi connectivity index (χ3v) is 4.71. The SMILES string of the molecule is CCCCS[C@@H](C)C(=O)N[C@H](C)c1nnnn1-c1ccccc1. The van der Waals surface area contributed by atoms with Crippen LogP contribution >= 0.6 is 11.8 Å². The van der Waals surface area contributed by atoms with E-state index in [4.69, 9.17) is 0 Å². The van der Waals surface area contributed by atoms with Crippen molar-refractivity contribution in [1.82, 2.24) is 25.5 Å². The lowest BCUT2D eigenvalue weighted by atomic mass is 10.2. The number of para-hydroxylation sites is 1. The van der Waals surface area contributed by atoms with Gasteiger partial charge in [0.05, 0.1) is 17.0 Å². The number of aromatic nitrogens is 4. The number of rotatable bonds is 8. The molecule has 0 aliphatic heterocycles. The molecule has 7 heteroatoms. The summed E-state index contributed by atoms with van der Waals surface area (Å²) in [5.41, 5.74) is 0.874. The molecule has 0 spiro atoms. The van der Waals surface area contributed by atoms with Crippen LogP contribution in [0.2, 0.25) is 0 Å². The van der Waals surface area contributed by atoms with Crippen molar-refractivity contribution >= 4 is 17.7 Å². The first-order chi connectivity index (χ1) is 11.1. The molecule has 0 bridgehead atoms. The van der Waals surface area contributed by atoms with Crippen LogP contribution in [0.1, 0.15) is 45.5 Å². The van der Waals surface area contributed by atoms with E-state index in [1.165, 1.54) is 0 Å². The van der Waals surface area contributed by atoms with Crippen molar-refractivity contribution in [3.63, 3.8) is 0 Å². The first-order valence-electron chi connectivity index (χ1n) is 7.89. The Kier molecular flexibility index (Phi) is 6.58. The van der Waals surface area contributed by atoms with Gasteiger partial charge in [-0.3, -0.25) is 4.79 Å². The van der Waals surface area contributed by atoms with Gasteiger partial charge in [0, 0.05) is 0 Å². The molecule has 0 saturated heterocycles. The number of hydrogen-bond acceptors (Lipinski definition) is 5. The van der Waals surface area contributed by atoms with E-state index in [2.05, 4.69) is 27.8 Å². The van der Waals surface area contributed by atoms with E-state index < -0.39 is 0 Å². The second-order valence-electron chi connectivity index (χ2n) is 5.38. The van der Waals surface area contributed by atoms with E-state index in [-0.39, 0.29) is 17.2 Å². The summed E-state index contributed by atoms with van der Waals surface area (Å²) in [4.78, 5) is 12.3. The van der Waals surface area contributed by atoms with Gasteiger partial charge in [-0.25, -0.2) is 0 Å². The number of carbonyl (C=O) groups excluding carboxylic acids is 1. The summed E-state index contributed by atoms with van der Waals surface area (Å²) in [5, 5.41) is 14.7. The molecule has 2 rings (SSSR count). The molecule has 0 aliphatic carbocycles. The first-order valence-corrected chi connectivity index (χ1v) is 8.94. The van der Waals surface area contributed by atoms with Gasteiger partial charge >= 0.3 is 0 Å². The summed E-state index contributed by atoms with van der Waals surface area (Å²) in [5.74, 6) is 1.64. The van der Waals surface area contributed by atoms with Crippen molar-refractivity contribution in [3.8, 4) is 5.69 Å². The number of nitrogens with zero attached hydrogens (tertiary/aromatic N) is 4. The van der Waals surface area contributed by atoms with Crippen molar-refractivity contribution in [1.29, 1.82) is 0 Å². The molecule has 2 aromatic rings. The molecule has 1 aromatic heterocycles. The third-order valence-electron chi connectivity index (χ3n) is 3.48. The molecule has 0 radical (unpaired) electrons. The first kappa shape index (κ1) is 17.5. The summed E-state index contributed by atoms with van der Waals surface area (Å²) in [7, 11) is 0. The summed E-state index contributed by atoms with van der Waals surface area (Å²) >= 11 is 1.68. The van der Waals surface area contributed by atoms with Crippen LogP contribution in [0.3, 0.4) is 0 Å². The van der Waals surface area contributed by atoms with Crippen molar-refractivity contribution in [2.24, 2.45) is 0 Å². The fourth-order valence-corrected chi connectivity index (χ4v) is 3.12. The standard InChI is InChI=1S/C16H23N5OS/c1-4-5-11-23-13(3)16(22)17-12(2)15-18-19-20-21(15)14-9-7-6-8-10-14/h6-10,12-13H,4-5,11H2,1-3H3,(H,17,22)/t12-,13+/m1/s1. The van der Waals surface area contributed by atoms with Crippen LogP contribution in [0.5, 0.6) is 0 Å². The number of thioether (sulfide) groups is 1. The molecule has 0 unspecified atom stereocenters. The number of amides is 1. The second kappa shape index (κ2) is 8.67. The number of benzene rings is 1. The maximum Gasteiger partial charge on any atom is 0.233 e. The zero-order chi connectivity index (χ0) is 16.7. The molecule has 0 fully saturated rings. The van der Waals surface area contributed by atoms with Crippen molar-refractivity contribution < 1.29 is 4.79 Å². The van der Waals surface area contributed by atoms with E-state index in [0.717, 1.165) is 24.3 Å². The van der Waals surface area contributed by atoms with Gasteiger partial charge < -0.3 is 5.32 Å². The van der Waals surface area contributed by atoms with Crippen LogP contribution in [0, 0.1) is 0 Å². The molecular weight excluding hydrogens is 310 g/mol. The molecule has 23 heavy (non-hydrogen) atoms. The molecular formula is C16H23N5OS. The minimum absolute atomic E-state index is 0.0150. The van der Waals surface area contributed by atoms with Gasteiger partial charge in [-0.1, -0.05) is 31.5 Å². The molecule has 1 amide bonds. The summed E-state index contributed by atoms with van der Waals surface area (Å²) < 4.78 is 1.65. The lowest BCUT2D eigenvalue weighted by molar-refractivity contribution is -0.121. The Hall–Kier alpha value is -1.89. The Balaban J connectivity index is 2.00. The van der Waals surface area contributed by atoms with E-state index in [9.17, 15) is 4.79 Å². The van der Waals surface area contributed by atoms with E-state index in [0.29, 0.717) is 5.82 Å². The molecule has 1 heterocycles. The predicted molar refractivity (Wildman–Crippen MR) is 92.5 cm³/mol. The highest BCUT2D eigenvalue weighted by molar-refractivity contribution is 8.00. The topological polar surface area (TPSA) is 72.7 Å². The Labute approximate surface area is 141 Å². The molecule has 2 atom stereocenters. The molecule has 124 valence electrons. The van der Waals surface area contributed by atoms with Gasteiger partial charge in [0.15, 0.2) is 5.82 Å². The number of nitrogens with one attached hydrogen (secondary N) is 1. The van der Waals surface area contributed by atoms with Crippen LogP contribution in [0.4, 0.5) is 0 Å². The van der Waals surface area contributed by atoms with E-state index >= 15 is 0 Å². The van der Waals surface area contributed by atoms with Crippen molar-refractivity contribution in [2.75, 3.05) is 5.75 Å². The average Bonchev–Trinajstić information content (AvgIpc) is 3.05. The Morgan fingerprint density at radius 3 is 2.74 bits per heavy atom. The third kappa shape index (κ3) is 4.79. The van der Waals surface area contributed by atoms with Crippen LogP contribution in [-0.2, 0) is 4.79 Å². The highest BCUT2D eigenvalue weighted by atomic mass is 32.2. The number of carbonyl (C=O) groups is 1. The van der Waals surface area contributed by atoms with Gasteiger partial charge in [-0.15, -0.1) is 16.9 Å². The normalized spacial score (nSPS) is 13.5. The van der Waals surface area contributed by atoms with Crippen LogP contribution in [0.15, 0.2) is 30.3 Å². The minimum Gasteiger partial charge on any atom is -0.345 e. The smallest absolute Gasteiger partial charge is 0.233 e. The Bertz CT molecular complexity index is 616. The monoisotopic (exact) mass is 333 g/mol. The zero-order valence-electron chi connectivity index (χ0n) is 13.8. The number of unbranched alkanes of at least 4 members (excludes halogenated alkanes) is 1. The lowest BCUT2D eigenvalue weighted by Crippen LogP contribution is -2.34. The van der Waals surface area contributed by atoms with Crippen LogP contribution < -0.4 is 5.32 Å². The molecule has 1 aromatic carbocycles. The molecule has 1 N–H and O–H groups in total. The summed E-state index contributed by atoms with van der Waals surface area (Å²) in [6.45, 7) is 5.98. The van der Waals surface area contributed by atoms with E-state index in [1.54, 1.807) is 16.4 Å². The second-order valence-corrected chi connectivity index (χ2v) is 6.83. The zero-order valence-corrected chi connectivity index (χ0v) is 14.6. The minimum atomic E-state index is -0.257. The van der Waals surface area contributed by atoms with Crippen molar-refractivity contribution in [2.45, 2.75) is 44.9 Å². The van der Waals surface area contributed by atoms with Gasteiger partial charge in [0.25, 0.3) is 0 Å². The highest BCUT2D eigenvalue weighted by Crippen LogP contribution is 2.17. The molecule has 0 aliphatic rings. The van der Waals surface area contributed by atoms with Crippen molar-refractivity contribution in [3.05, 3.63) is 36.2 Å². The fourth-order valence-electron chi connectivity index (χ4n) is 2.09. The van der Waals surface area contributed by atoms with Gasteiger partial charge in [-0.05, 0) is 48.6 Å². The fraction of sp³-hybridized carbons (Fsp3) is 0.500. The maximum atomic E-state index is 12.3. The molecule has 0 saturated carbocycles. The highest BCUT2D eigenvalue weighted by Gasteiger charge is 2.20. The van der Waals surface area contributed by atoms with Gasteiger partial charge in [-0.2, -0.15) is 4.68 Å². The predicted octanol–water partition coefficient (Wildman–Crippen LogP) is 2.76. The maximum absolute atomic E-state index is 12.3. The largest absolute Gasteiger partial charge is 0.345 e. The van der Waals surface area contributed by atoms with Crippen LogP contribution in [-0.4, -0.2) is 37.1 Å². The number of tetrazole rings is 1. The molecule has 6 nitrogen and oxygen atoms in total.